The molecule has 1 amide bonds. The summed E-state index contributed by atoms with van der Waals surface area (Å²) in [6.07, 6.45) is 0.892. The first-order chi connectivity index (χ1) is 15.8. The number of benzene rings is 2. The number of aromatic nitrogens is 1. The molecule has 1 fully saturated rings. The molecule has 0 spiro atoms. The third-order valence-electron chi connectivity index (χ3n) is 5.54. The third-order valence-corrected chi connectivity index (χ3v) is 8.37. The third kappa shape index (κ3) is 5.89. The van der Waals surface area contributed by atoms with Crippen molar-refractivity contribution in [2.75, 3.05) is 45.2 Å². The number of fused-ring (bicyclic) bond motifs is 1. The van der Waals surface area contributed by atoms with Gasteiger partial charge in [0.25, 0.3) is 0 Å². The zero-order valence-corrected chi connectivity index (χ0v) is 20.4. The summed E-state index contributed by atoms with van der Waals surface area (Å²) in [6.45, 7) is 4.86. The molecule has 0 aliphatic carbocycles. The summed E-state index contributed by atoms with van der Waals surface area (Å²) < 4.78 is 33.9. The van der Waals surface area contributed by atoms with Crippen LogP contribution in [-0.2, 0) is 14.8 Å². The minimum Gasteiger partial charge on any atom is -0.494 e. The van der Waals surface area contributed by atoms with E-state index in [1.54, 1.807) is 18.2 Å². The van der Waals surface area contributed by atoms with E-state index in [1.165, 1.54) is 21.2 Å². The molecule has 1 aliphatic heterocycles. The highest BCUT2D eigenvalue weighted by Gasteiger charge is 2.27. The maximum atomic E-state index is 13.0. The number of piperazine rings is 1. The summed E-state index contributed by atoms with van der Waals surface area (Å²) >= 11 is 1.27. The van der Waals surface area contributed by atoms with E-state index < -0.39 is 10.0 Å². The van der Waals surface area contributed by atoms with Crippen LogP contribution in [0.4, 0.5) is 5.13 Å². The molecule has 10 heteroatoms. The largest absolute Gasteiger partial charge is 0.494 e. The fourth-order valence-corrected chi connectivity index (χ4v) is 5.98. The van der Waals surface area contributed by atoms with Crippen LogP contribution < -0.4 is 10.1 Å². The second-order valence-electron chi connectivity index (χ2n) is 8.17. The Morgan fingerprint density at radius 1 is 1.12 bits per heavy atom. The zero-order chi connectivity index (χ0) is 23.4. The van der Waals surface area contributed by atoms with Gasteiger partial charge in [-0.15, -0.1) is 0 Å². The van der Waals surface area contributed by atoms with Gasteiger partial charge in [-0.3, -0.25) is 4.79 Å². The maximum Gasteiger partial charge on any atom is 0.243 e. The second kappa shape index (κ2) is 10.2. The molecule has 1 aliphatic rings. The summed E-state index contributed by atoms with van der Waals surface area (Å²) in [5.41, 5.74) is 1.83. The number of carbonyl (C=O) groups excluding carboxylic acids is 1. The van der Waals surface area contributed by atoms with E-state index in [2.05, 4.69) is 15.2 Å². The highest BCUT2D eigenvalue weighted by atomic mass is 32.2. The van der Waals surface area contributed by atoms with Crippen molar-refractivity contribution < 1.29 is 17.9 Å². The SMILES string of the molecule is Cc1ccc(OCCCC(=O)Nc2nc3ccc(S(=O)(=O)N4CCN(C)CC4)cc3s2)cc1. The molecule has 1 N–H and O–H groups in total. The lowest BCUT2D eigenvalue weighted by atomic mass is 10.2. The predicted molar refractivity (Wildman–Crippen MR) is 130 cm³/mol. The molecule has 0 radical (unpaired) electrons. The topological polar surface area (TPSA) is 91.8 Å². The zero-order valence-electron chi connectivity index (χ0n) is 18.8. The molecule has 0 atom stereocenters. The Bertz CT molecular complexity index is 1220. The normalized spacial score (nSPS) is 15.6. The number of ether oxygens (including phenoxy) is 1. The lowest BCUT2D eigenvalue weighted by Gasteiger charge is -2.31. The number of aryl methyl sites for hydroxylation is 1. The quantitative estimate of drug-likeness (QED) is 0.489. The van der Waals surface area contributed by atoms with Gasteiger partial charge >= 0.3 is 0 Å². The molecule has 2 heterocycles. The molecule has 3 aromatic rings. The lowest BCUT2D eigenvalue weighted by Crippen LogP contribution is -2.46. The lowest BCUT2D eigenvalue weighted by molar-refractivity contribution is -0.116. The number of hydrogen-bond acceptors (Lipinski definition) is 7. The summed E-state index contributed by atoms with van der Waals surface area (Å²) in [4.78, 5) is 19.1. The Morgan fingerprint density at radius 3 is 2.58 bits per heavy atom. The summed E-state index contributed by atoms with van der Waals surface area (Å²) in [5.74, 6) is 0.640. The molecule has 0 saturated carbocycles. The second-order valence-corrected chi connectivity index (χ2v) is 11.1. The minimum absolute atomic E-state index is 0.146. The first-order valence-corrected chi connectivity index (χ1v) is 13.2. The number of likely N-dealkylation sites (N-methyl/N-ethyl adjacent to an activating group) is 1. The Balaban J connectivity index is 1.33. The molecule has 0 unspecified atom stereocenters. The molecule has 1 aromatic heterocycles. The van der Waals surface area contributed by atoms with Crippen molar-refractivity contribution in [3.63, 3.8) is 0 Å². The molecule has 2 aromatic carbocycles. The molecule has 0 bridgehead atoms. The van der Waals surface area contributed by atoms with Gasteiger partial charge in [0.1, 0.15) is 5.75 Å². The number of thiazole rings is 1. The number of nitrogens with zero attached hydrogens (tertiary/aromatic N) is 3. The van der Waals surface area contributed by atoms with Gasteiger partial charge in [0.2, 0.25) is 15.9 Å². The van der Waals surface area contributed by atoms with Gasteiger partial charge in [-0.2, -0.15) is 4.31 Å². The molecular formula is C23H28N4O4S2. The molecule has 4 rings (SSSR count). The summed E-state index contributed by atoms with van der Waals surface area (Å²) in [5, 5.41) is 3.27. The Morgan fingerprint density at radius 2 is 1.85 bits per heavy atom. The first-order valence-electron chi connectivity index (χ1n) is 10.9. The van der Waals surface area contributed by atoms with Crippen molar-refractivity contribution in [2.45, 2.75) is 24.7 Å². The number of amides is 1. The van der Waals surface area contributed by atoms with Gasteiger partial charge < -0.3 is 15.0 Å². The predicted octanol–water partition coefficient (Wildman–Crippen LogP) is 3.34. The van der Waals surface area contributed by atoms with Crippen molar-refractivity contribution in [3.8, 4) is 5.75 Å². The van der Waals surface area contributed by atoms with Crippen molar-refractivity contribution in [1.29, 1.82) is 0 Å². The van der Waals surface area contributed by atoms with Crippen LogP contribution in [0.15, 0.2) is 47.4 Å². The van der Waals surface area contributed by atoms with E-state index in [-0.39, 0.29) is 10.8 Å². The Labute approximate surface area is 198 Å². The monoisotopic (exact) mass is 488 g/mol. The fourth-order valence-electron chi connectivity index (χ4n) is 3.54. The summed E-state index contributed by atoms with van der Waals surface area (Å²) in [6, 6.07) is 12.7. The standard InChI is InChI=1S/C23H28N4O4S2/c1-17-5-7-18(8-6-17)31-15-3-4-22(28)25-23-24-20-10-9-19(16-21(20)32-23)33(29,30)27-13-11-26(2)12-14-27/h5-10,16H,3-4,11-15H2,1-2H3,(H,24,25,28). The van der Waals surface area contributed by atoms with Crippen LogP contribution in [0.25, 0.3) is 10.2 Å². The number of rotatable bonds is 8. The summed E-state index contributed by atoms with van der Waals surface area (Å²) in [7, 11) is -1.56. The molecule has 8 nitrogen and oxygen atoms in total. The van der Waals surface area contributed by atoms with Gasteiger partial charge in [0.05, 0.1) is 21.7 Å². The van der Waals surface area contributed by atoms with E-state index in [9.17, 15) is 13.2 Å². The highest BCUT2D eigenvalue weighted by molar-refractivity contribution is 7.89. The van der Waals surface area contributed by atoms with Crippen LogP contribution >= 0.6 is 11.3 Å². The van der Waals surface area contributed by atoms with E-state index in [0.29, 0.717) is 56.3 Å². The van der Waals surface area contributed by atoms with E-state index in [0.717, 1.165) is 10.4 Å². The number of hydrogen-bond donors (Lipinski definition) is 1. The highest BCUT2D eigenvalue weighted by Crippen LogP contribution is 2.29. The first kappa shape index (κ1) is 23.6. The number of nitrogens with one attached hydrogen (secondary N) is 1. The van der Waals surface area contributed by atoms with Gasteiger partial charge in [0, 0.05) is 32.6 Å². The van der Waals surface area contributed by atoms with Crippen molar-refractivity contribution in [1.82, 2.24) is 14.2 Å². The molecule has 33 heavy (non-hydrogen) atoms. The number of anilines is 1. The molecule has 1 saturated heterocycles. The average Bonchev–Trinajstić information content (AvgIpc) is 3.19. The fraction of sp³-hybridized carbons (Fsp3) is 0.391. The van der Waals surface area contributed by atoms with Crippen molar-refractivity contribution in [3.05, 3.63) is 48.0 Å². The van der Waals surface area contributed by atoms with Crippen LogP contribution in [0.3, 0.4) is 0 Å². The van der Waals surface area contributed by atoms with Crippen LogP contribution in [0, 0.1) is 6.92 Å². The van der Waals surface area contributed by atoms with Crippen LogP contribution in [0.2, 0.25) is 0 Å². The smallest absolute Gasteiger partial charge is 0.243 e. The number of carbonyl (C=O) groups is 1. The van der Waals surface area contributed by atoms with Crippen molar-refractivity contribution in [2.24, 2.45) is 0 Å². The minimum atomic E-state index is -3.55. The molecular weight excluding hydrogens is 460 g/mol. The van der Waals surface area contributed by atoms with E-state index >= 15 is 0 Å². The number of sulfonamides is 1. The van der Waals surface area contributed by atoms with Gasteiger partial charge in [-0.25, -0.2) is 13.4 Å². The Kier molecular flexibility index (Phi) is 7.28. The molecule has 176 valence electrons. The van der Waals surface area contributed by atoms with Crippen molar-refractivity contribution >= 4 is 42.6 Å². The van der Waals surface area contributed by atoms with E-state index in [1.807, 2.05) is 38.2 Å². The van der Waals surface area contributed by atoms with E-state index in [4.69, 9.17) is 4.74 Å². The van der Waals surface area contributed by atoms with Gasteiger partial charge in [-0.05, 0) is 50.7 Å². The van der Waals surface area contributed by atoms with Gasteiger partial charge in [0.15, 0.2) is 5.13 Å². The average molecular weight is 489 g/mol. The van der Waals surface area contributed by atoms with Gasteiger partial charge in [-0.1, -0.05) is 29.0 Å². The van der Waals surface area contributed by atoms with Crippen LogP contribution in [0.5, 0.6) is 5.75 Å². The van der Waals surface area contributed by atoms with Crippen LogP contribution in [-0.4, -0.2) is 68.3 Å². The van der Waals surface area contributed by atoms with Crippen LogP contribution in [0.1, 0.15) is 18.4 Å². The maximum absolute atomic E-state index is 13.0. The Hall–Kier alpha value is -2.53.